The lowest BCUT2D eigenvalue weighted by Gasteiger charge is -2.20. The molecule has 2 aromatic heterocycles. The normalized spacial score (nSPS) is 12.1. The number of hydrogen-bond donors (Lipinski definition) is 1. The number of methoxy groups -OCH3 is 1. The highest BCUT2D eigenvalue weighted by molar-refractivity contribution is 5.36. The van der Waals surface area contributed by atoms with E-state index < -0.39 is 0 Å². The van der Waals surface area contributed by atoms with E-state index in [-0.39, 0.29) is 6.04 Å². The predicted octanol–water partition coefficient (Wildman–Crippen LogP) is 2.57. The van der Waals surface area contributed by atoms with Gasteiger partial charge in [-0.1, -0.05) is 19.1 Å². The minimum absolute atomic E-state index is 0.0531. The summed E-state index contributed by atoms with van der Waals surface area (Å²) in [6.07, 6.45) is 6.46. The molecule has 0 saturated heterocycles. The summed E-state index contributed by atoms with van der Waals surface area (Å²) in [6, 6.07) is 8.02. The molecule has 19 heavy (non-hydrogen) atoms. The lowest BCUT2D eigenvalue weighted by atomic mass is 10.0. The van der Waals surface area contributed by atoms with Crippen LogP contribution < -0.4 is 10.1 Å². The monoisotopic (exact) mass is 257 g/mol. The molecule has 0 amide bonds. The van der Waals surface area contributed by atoms with Crippen LogP contribution in [-0.4, -0.2) is 23.6 Å². The molecule has 0 aromatic carbocycles. The molecule has 2 aromatic rings. The molecule has 2 heterocycles. The molecular weight excluding hydrogens is 238 g/mol. The van der Waals surface area contributed by atoms with Crippen molar-refractivity contribution in [2.75, 3.05) is 13.7 Å². The molecule has 2 rings (SSSR count). The largest absolute Gasteiger partial charge is 0.481 e. The molecule has 0 fully saturated rings. The van der Waals surface area contributed by atoms with Crippen LogP contribution in [0.15, 0.2) is 42.9 Å². The third-order valence-electron chi connectivity index (χ3n) is 2.92. The van der Waals surface area contributed by atoms with Crippen LogP contribution in [0.5, 0.6) is 5.88 Å². The van der Waals surface area contributed by atoms with Gasteiger partial charge in [0.1, 0.15) is 0 Å². The van der Waals surface area contributed by atoms with E-state index in [0.717, 1.165) is 24.1 Å². The Balaban J connectivity index is 2.37. The van der Waals surface area contributed by atoms with E-state index in [0.29, 0.717) is 5.88 Å². The van der Waals surface area contributed by atoms with Gasteiger partial charge in [0.2, 0.25) is 5.88 Å². The fourth-order valence-electron chi connectivity index (χ4n) is 2.04. The molecular formula is C15H19N3O. The van der Waals surface area contributed by atoms with Crippen molar-refractivity contribution in [3.63, 3.8) is 0 Å². The van der Waals surface area contributed by atoms with Gasteiger partial charge in [-0.15, -0.1) is 0 Å². The topological polar surface area (TPSA) is 47.0 Å². The van der Waals surface area contributed by atoms with Gasteiger partial charge in [-0.25, -0.2) is 4.98 Å². The average Bonchev–Trinajstić information content (AvgIpc) is 2.49. The third-order valence-corrected chi connectivity index (χ3v) is 2.92. The summed E-state index contributed by atoms with van der Waals surface area (Å²) in [5.41, 5.74) is 2.15. The predicted molar refractivity (Wildman–Crippen MR) is 75.2 cm³/mol. The first-order chi connectivity index (χ1) is 9.36. The minimum Gasteiger partial charge on any atom is -0.481 e. The quantitative estimate of drug-likeness (QED) is 0.864. The summed E-state index contributed by atoms with van der Waals surface area (Å²) in [5, 5.41) is 3.52. The zero-order valence-corrected chi connectivity index (χ0v) is 11.3. The second kappa shape index (κ2) is 6.85. The molecule has 0 radical (unpaired) electrons. The van der Waals surface area contributed by atoms with Gasteiger partial charge in [0.05, 0.1) is 13.2 Å². The van der Waals surface area contributed by atoms with Crippen LogP contribution in [0.4, 0.5) is 0 Å². The number of hydrogen-bond acceptors (Lipinski definition) is 4. The highest BCUT2D eigenvalue weighted by Crippen LogP contribution is 2.27. The van der Waals surface area contributed by atoms with E-state index in [1.165, 1.54) is 0 Å². The first kappa shape index (κ1) is 13.5. The Morgan fingerprint density at radius 1 is 1.26 bits per heavy atom. The Kier molecular flexibility index (Phi) is 4.86. The van der Waals surface area contributed by atoms with Crippen molar-refractivity contribution in [1.29, 1.82) is 0 Å². The third kappa shape index (κ3) is 3.29. The number of aromatic nitrogens is 2. The van der Waals surface area contributed by atoms with Crippen molar-refractivity contribution >= 4 is 0 Å². The van der Waals surface area contributed by atoms with Crippen molar-refractivity contribution in [1.82, 2.24) is 15.3 Å². The number of pyridine rings is 2. The van der Waals surface area contributed by atoms with Crippen molar-refractivity contribution in [2.45, 2.75) is 19.4 Å². The summed E-state index contributed by atoms with van der Waals surface area (Å²) >= 11 is 0. The molecule has 0 aliphatic carbocycles. The van der Waals surface area contributed by atoms with Gasteiger partial charge in [0.25, 0.3) is 0 Å². The summed E-state index contributed by atoms with van der Waals surface area (Å²) in [6.45, 7) is 3.07. The van der Waals surface area contributed by atoms with Crippen LogP contribution in [0, 0.1) is 0 Å². The lowest BCUT2D eigenvalue weighted by molar-refractivity contribution is 0.387. The van der Waals surface area contributed by atoms with Gasteiger partial charge in [0.15, 0.2) is 0 Å². The van der Waals surface area contributed by atoms with E-state index >= 15 is 0 Å². The highest BCUT2D eigenvalue weighted by Gasteiger charge is 2.18. The highest BCUT2D eigenvalue weighted by atomic mass is 16.5. The SMILES string of the molecule is CCCNC(c1cccnc1)c1cccnc1OC. The molecule has 1 atom stereocenters. The summed E-state index contributed by atoms with van der Waals surface area (Å²) in [5.74, 6) is 0.653. The molecule has 4 heteroatoms. The van der Waals surface area contributed by atoms with Gasteiger partial charge in [-0.2, -0.15) is 0 Å². The van der Waals surface area contributed by atoms with E-state index in [4.69, 9.17) is 4.74 Å². The lowest BCUT2D eigenvalue weighted by Crippen LogP contribution is -2.24. The first-order valence-corrected chi connectivity index (χ1v) is 6.49. The van der Waals surface area contributed by atoms with Crippen molar-refractivity contribution in [3.8, 4) is 5.88 Å². The summed E-state index contributed by atoms with van der Waals surface area (Å²) < 4.78 is 5.36. The van der Waals surface area contributed by atoms with Crippen LogP contribution in [0.25, 0.3) is 0 Å². The summed E-state index contributed by atoms with van der Waals surface area (Å²) in [7, 11) is 1.64. The Labute approximate surface area is 113 Å². The number of ether oxygens (including phenoxy) is 1. The van der Waals surface area contributed by atoms with Crippen molar-refractivity contribution < 1.29 is 4.74 Å². The molecule has 0 aliphatic heterocycles. The minimum atomic E-state index is 0.0531. The Hall–Kier alpha value is -1.94. The standard InChI is InChI=1S/C15H19N3O/c1-3-8-17-14(12-6-4-9-16-11-12)13-7-5-10-18-15(13)19-2/h4-7,9-11,14,17H,3,8H2,1-2H3. The van der Waals surface area contributed by atoms with Crippen LogP contribution in [0.1, 0.15) is 30.5 Å². The molecule has 100 valence electrons. The molecule has 0 bridgehead atoms. The number of rotatable bonds is 6. The van der Waals surface area contributed by atoms with Crippen LogP contribution in [0.2, 0.25) is 0 Å². The van der Waals surface area contributed by atoms with E-state index in [1.54, 1.807) is 19.5 Å². The van der Waals surface area contributed by atoms with Gasteiger partial charge in [-0.05, 0) is 30.7 Å². The van der Waals surface area contributed by atoms with Crippen molar-refractivity contribution in [2.24, 2.45) is 0 Å². The van der Waals surface area contributed by atoms with Gasteiger partial charge in [-0.3, -0.25) is 4.98 Å². The second-order valence-electron chi connectivity index (χ2n) is 4.28. The second-order valence-corrected chi connectivity index (χ2v) is 4.28. The van der Waals surface area contributed by atoms with Gasteiger partial charge >= 0.3 is 0 Å². The summed E-state index contributed by atoms with van der Waals surface area (Å²) in [4.78, 5) is 8.46. The maximum Gasteiger partial charge on any atom is 0.218 e. The van der Waals surface area contributed by atoms with E-state index in [2.05, 4.69) is 28.3 Å². The number of nitrogens with zero attached hydrogens (tertiary/aromatic N) is 2. The zero-order valence-electron chi connectivity index (χ0n) is 11.3. The maximum atomic E-state index is 5.36. The molecule has 1 N–H and O–H groups in total. The van der Waals surface area contributed by atoms with Crippen LogP contribution in [-0.2, 0) is 0 Å². The van der Waals surface area contributed by atoms with Crippen LogP contribution >= 0.6 is 0 Å². The Morgan fingerprint density at radius 2 is 2.11 bits per heavy atom. The average molecular weight is 257 g/mol. The number of nitrogens with one attached hydrogen (secondary N) is 1. The fourth-order valence-corrected chi connectivity index (χ4v) is 2.04. The van der Waals surface area contributed by atoms with E-state index in [9.17, 15) is 0 Å². The molecule has 4 nitrogen and oxygen atoms in total. The van der Waals surface area contributed by atoms with Crippen LogP contribution in [0.3, 0.4) is 0 Å². The maximum absolute atomic E-state index is 5.36. The van der Waals surface area contributed by atoms with Gasteiger partial charge in [0, 0.05) is 24.2 Å². The zero-order chi connectivity index (χ0) is 13.5. The molecule has 0 aliphatic rings. The van der Waals surface area contributed by atoms with Gasteiger partial charge < -0.3 is 10.1 Å². The van der Waals surface area contributed by atoms with Crippen molar-refractivity contribution in [3.05, 3.63) is 54.0 Å². The molecule has 0 saturated carbocycles. The smallest absolute Gasteiger partial charge is 0.218 e. The van der Waals surface area contributed by atoms with E-state index in [1.807, 2.05) is 24.4 Å². The fraction of sp³-hybridized carbons (Fsp3) is 0.333. The molecule has 0 spiro atoms. The molecule has 1 unspecified atom stereocenters. The Morgan fingerprint density at radius 3 is 2.79 bits per heavy atom. The first-order valence-electron chi connectivity index (χ1n) is 6.49. The Bertz CT molecular complexity index is 502.